The molecule has 3 aliphatic rings. The third-order valence-electron chi connectivity index (χ3n) is 5.95. The van der Waals surface area contributed by atoms with Crippen LogP contribution in [0.2, 0.25) is 0 Å². The second-order valence-electron chi connectivity index (χ2n) is 8.22. The highest BCUT2D eigenvalue weighted by Gasteiger charge is 2.45. The zero-order valence-corrected chi connectivity index (χ0v) is 15.9. The third kappa shape index (κ3) is 3.22. The first-order valence-corrected chi connectivity index (χ1v) is 9.61. The van der Waals surface area contributed by atoms with Crippen LogP contribution < -0.4 is 11.1 Å². The van der Waals surface area contributed by atoms with Gasteiger partial charge in [-0.15, -0.1) is 0 Å². The Morgan fingerprint density at radius 1 is 1.14 bits per heavy atom. The smallest absolute Gasteiger partial charge is 0.262 e. The van der Waals surface area contributed by atoms with E-state index in [2.05, 4.69) is 10.2 Å². The van der Waals surface area contributed by atoms with Gasteiger partial charge in [-0.1, -0.05) is 12.1 Å². The number of likely N-dealkylation sites (tertiary alicyclic amines) is 1. The van der Waals surface area contributed by atoms with Crippen molar-refractivity contribution in [3.8, 4) is 0 Å². The molecule has 8 heteroatoms. The van der Waals surface area contributed by atoms with Crippen LogP contribution in [0.5, 0.6) is 0 Å². The summed E-state index contributed by atoms with van der Waals surface area (Å²) in [6.45, 7) is 4.26. The van der Waals surface area contributed by atoms with Gasteiger partial charge in [0.2, 0.25) is 11.8 Å². The van der Waals surface area contributed by atoms with E-state index in [4.69, 9.17) is 5.73 Å². The van der Waals surface area contributed by atoms with Gasteiger partial charge in [-0.25, -0.2) is 0 Å². The van der Waals surface area contributed by atoms with Gasteiger partial charge < -0.3 is 5.73 Å². The second kappa shape index (κ2) is 6.79. The number of nitrogens with two attached hydrogens (primary N) is 1. The highest BCUT2D eigenvalue weighted by molar-refractivity contribution is 6.24. The van der Waals surface area contributed by atoms with Gasteiger partial charge >= 0.3 is 0 Å². The number of nitrogens with one attached hydrogen (secondary N) is 1. The Bertz CT molecular complexity index is 869. The molecule has 0 aliphatic carbocycles. The lowest BCUT2D eigenvalue weighted by molar-refractivity contribution is -0.136. The lowest BCUT2D eigenvalue weighted by Gasteiger charge is -2.36. The summed E-state index contributed by atoms with van der Waals surface area (Å²) in [6.07, 6.45) is 2.02. The molecule has 2 saturated heterocycles. The summed E-state index contributed by atoms with van der Waals surface area (Å²) < 4.78 is 0. The quantitative estimate of drug-likeness (QED) is 0.730. The number of amides is 4. The van der Waals surface area contributed by atoms with Crippen molar-refractivity contribution in [2.45, 2.75) is 50.7 Å². The highest BCUT2D eigenvalue weighted by atomic mass is 16.2. The van der Waals surface area contributed by atoms with Gasteiger partial charge in [0.15, 0.2) is 0 Å². The number of hydrogen-bond acceptors (Lipinski definition) is 6. The first-order valence-electron chi connectivity index (χ1n) is 9.61. The van der Waals surface area contributed by atoms with Crippen molar-refractivity contribution in [2.24, 2.45) is 5.73 Å². The first-order chi connectivity index (χ1) is 13.3. The van der Waals surface area contributed by atoms with E-state index in [1.54, 1.807) is 12.1 Å². The number of carbonyl (C=O) groups is 4. The summed E-state index contributed by atoms with van der Waals surface area (Å²) >= 11 is 0. The van der Waals surface area contributed by atoms with Crippen LogP contribution in [-0.2, 0) is 16.1 Å². The molecule has 0 saturated carbocycles. The van der Waals surface area contributed by atoms with Gasteiger partial charge in [-0.2, -0.15) is 0 Å². The van der Waals surface area contributed by atoms with Crippen molar-refractivity contribution in [2.75, 3.05) is 13.1 Å². The van der Waals surface area contributed by atoms with Crippen molar-refractivity contribution < 1.29 is 19.2 Å². The van der Waals surface area contributed by atoms with E-state index in [-0.39, 0.29) is 24.3 Å². The molecule has 3 heterocycles. The molecular weight excluding hydrogens is 360 g/mol. The number of fused-ring (bicyclic) bond motifs is 1. The van der Waals surface area contributed by atoms with Crippen LogP contribution in [0.3, 0.4) is 0 Å². The Balaban J connectivity index is 1.58. The van der Waals surface area contributed by atoms with E-state index < -0.39 is 23.8 Å². The molecule has 1 aromatic carbocycles. The van der Waals surface area contributed by atoms with Crippen molar-refractivity contribution in [3.63, 3.8) is 0 Å². The molecule has 0 aromatic heterocycles. The molecule has 1 unspecified atom stereocenters. The molecule has 148 valence electrons. The standard InChI is InChI=1S/C20H24N4O4/c1-20(21)7-9-23(10-8-20)11-12-3-2-4-13-16(12)19(28)24(18(13)27)14-5-6-15(25)22-17(14)26/h2-4,14H,5-11,21H2,1H3,(H,22,25,26). The average Bonchev–Trinajstić information content (AvgIpc) is 2.89. The fraction of sp³-hybridized carbons (Fsp3) is 0.500. The zero-order valence-electron chi connectivity index (χ0n) is 15.9. The fourth-order valence-corrected chi connectivity index (χ4v) is 4.18. The van der Waals surface area contributed by atoms with E-state index in [0.29, 0.717) is 17.7 Å². The number of hydrogen-bond donors (Lipinski definition) is 2. The predicted molar refractivity (Wildman–Crippen MR) is 100 cm³/mol. The van der Waals surface area contributed by atoms with E-state index >= 15 is 0 Å². The van der Waals surface area contributed by atoms with Crippen LogP contribution in [0.25, 0.3) is 0 Å². The summed E-state index contributed by atoms with van der Waals surface area (Å²) in [4.78, 5) is 52.8. The predicted octanol–water partition coefficient (Wildman–Crippen LogP) is 0.401. The molecule has 2 fully saturated rings. The minimum Gasteiger partial charge on any atom is -0.325 e. The Morgan fingerprint density at radius 3 is 2.54 bits per heavy atom. The molecule has 3 N–H and O–H groups in total. The molecule has 4 rings (SSSR count). The van der Waals surface area contributed by atoms with E-state index in [0.717, 1.165) is 36.4 Å². The van der Waals surface area contributed by atoms with E-state index in [1.807, 2.05) is 13.0 Å². The second-order valence-corrected chi connectivity index (χ2v) is 8.22. The normalized spacial score (nSPS) is 25.1. The minimum absolute atomic E-state index is 0.113. The molecule has 28 heavy (non-hydrogen) atoms. The molecule has 1 atom stereocenters. The van der Waals surface area contributed by atoms with Crippen molar-refractivity contribution in [3.05, 3.63) is 34.9 Å². The van der Waals surface area contributed by atoms with Crippen molar-refractivity contribution in [1.82, 2.24) is 15.1 Å². The molecular formula is C20H24N4O4. The molecule has 0 spiro atoms. The lowest BCUT2D eigenvalue weighted by atomic mass is 9.90. The number of nitrogens with zero attached hydrogens (tertiary/aromatic N) is 2. The van der Waals surface area contributed by atoms with Crippen molar-refractivity contribution in [1.29, 1.82) is 0 Å². The molecule has 0 bridgehead atoms. The molecule has 1 aromatic rings. The number of carbonyl (C=O) groups excluding carboxylic acids is 4. The first kappa shape index (κ1) is 18.8. The highest BCUT2D eigenvalue weighted by Crippen LogP contribution is 2.31. The SMILES string of the molecule is CC1(N)CCN(Cc2cccc3c2C(=O)N(C2CCC(=O)NC2=O)C3=O)CC1. The monoisotopic (exact) mass is 384 g/mol. The average molecular weight is 384 g/mol. The fourth-order valence-electron chi connectivity index (χ4n) is 4.18. The van der Waals surface area contributed by atoms with Crippen LogP contribution in [-0.4, -0.2) is 58.1 Å². The maximum Gasteiger partial charge on any atom is 0.262 e. The zero-order chi connectivity index (χ0) is 20.1. The van der Waals surface area contributed by atoms with Gasteiger partial charge in [-0.05, 0) is 37.8 Å². The number of piperidine rings is 2. The van der Waals surface area contributed by atoms with Gasteiger partial charge in [0.05, 0.1) is 11.1 Å². The summed E-state index contributed by atoms with van der Waals surface area (Å²) in [6, 6.07) is 4.31. The Morgan fingerprint density at radius 2 is 1.86 bits per heavy atom. The van der Waals surface area contributed by atoms with Gasteiger partial charge in [0.25, 0.3) is 11.8 Å². The summed E-state index contributed by atoms with van der Waals surface area (Å²) in [7, 11) is 0. The van der Waals surface area contributed by atoms with Gasteiger partial charge in [0.1, 0.15) is 6.04 Å². The molecule has 8 nitrogen and oxygen atoms in total. The van der Waals surface area contributed by atoms with Crippen LogP contribution in [0, 0.1) is 0 Å². The summed E-state index contributed by atoms with van der Waals surface area (Å²) in [5.41, 5.74) is 7.51. The third-order valence-corrected chi connectivity index (χ3v) is 5.95. The van der Waals surface area contributed by atoms with Crippen LogP contribution in [0.1, 0.15) is 58.9 Å². The van der Waals surface area contributed by atoms with Gasteiger partial charge in [-0.3, -0.25) is 34.3 Å². The van der Waals surface area contributed by atoms with Crippen LogP contribution in [0.4, 0.5) is 0 Å². The van der Waals surface area contributed by atoms with Gasteiger partial charge in [0, 0.05) is 31.6 Å². The largest absolute Gasteiger partial charge is 0.325 e. The Hall–Kier alpha value is -2.58. The minimum atomic E-state index is -0.939. The number of rotatable bonds is 3. The summed E-state index contributed by atoms with van der Waals surface area (Å²) in [5, 5.41) is 2.22. The number of imide groups is 2. The molecule has 4 amide bonds. The topological polar surface area (TPSA) is 113 Å². The molecule has 3 aliphatic heterocycles. The van der Waals surface area contributed by atoms with E-state index in [9.17, 15) is 19.2 Å². The number of benzene rings is 1. The molecule has 0 radical (unpaired) electrons. The maximum atomic E-state index is 13.1. The maximum absolute atomic E-state index is 13.1. The van der Waals surface area contributed by atoms with Crippen molar-refractivity contribution >= 4 is 23.6 Å². The van der Waals surface area contributed by atoms with Crippen LogP contribution in [0.15, 0.2) is 18.2 Å². The lowest BCUT2D eigenvalue weighted by Crippen LogP contribution is -2.54. The Labute approximate surface area is 163 Å². The van der Waals surface area contributed by atoms with Crippen LogP contribution >= 0.6 is 0 Å². The summed E-state index contributed by atoms with van der Waals surface area (Å²) in [5.74, 6) is -1.89. The van der Waals surface area contributed by atoms with E-state index in [1.165, 1.54) is 0 Å². The Kier molecular flexibility index (Phi) is 4.55.